The fourth-order valence-corrected chi connectivity index (χ4v) is 4.57. The SMILES string of the molecule is O=C(NO)c1ccc2c(c1)CC[C@@]1(CCN(Cc3ccccc3OC(F)(F)F)C1=O)C2. The van der Waals surface area contributed by atoms with Gasteiger partial charge in [-0.05, 0) is 55.0 Å². The maximum absolute atomic E-state index is 13.3. The fraction of sp³-hybridized carbons (Fsp3) is 0.364. The standard InChI is InChI=1S/C22H21F3N2O4/c23-22(24,25)31-18-4-2-1-3-17(18)13-27-10-9-21(20(27)29)8-7-14-11-15(19(28)26-30)5-6-16(14)12-21/h1-6,11,30H,7-10,12-13H2,(H,26,28)/t21-/m1/s1. The number of carbonyl (C=O) groups is 2. The molecule has 6 nitrogen and oxygen atoms in total. The van der Waals surface area contributed by atoms with E-state index in [0.29, 0.717) is 43.4 Å². The summed E-state index contributed by atoms with van der Waals surface area (Å²) in [5.74, 6) is -0.962. The molecular formula is C22H21F3N2O4. The number of ether oxygens (including phenoxy) is 1. The lowest BCUT2D eigenvalue weighted by Gasteiger charge is -2.33. The molecule has 1 atom stereocenters. The maximum atomic E-state index is 13.3. The molecule has 2 aromatic rings. The van der Waals surface area contributed by atoms with Crippen molar-refractivity contribution in [3.05, 3.63) is 64.7 Å². The second kappa shape index (κ2) is 7.88. The number of hydrogen-bond donors (Lipinski definition) is 2. The largest absolute Gasteiger partial charge is 0.573 e. The lowest BCUT2D eigenvalue weighted by atomic mass is 9.70. The number of hydrogen-bond acceptors (Lipinski definition) is 4. The highest BCUT2D eigenvalue weighted by molar-refractivity contribution is 5.93. The van der Waals surface area contributed by atoms with Crippen molar-refractivity contribution in [3.8, 4) is 5.75 Å². The van der Waals surface area contributed by atoms with Crippen molar-refractivity contribution in [3.63, 3.8) is 0 Å². The summed E-state index contributed by atoms with van der Waals surface area (Å²) in [5.41, 5.74) is 3.60. The average Bonchev–Trinajstić information content (AvgIpc) is 3.02. The minimum atomic E-state index is -4.80. The van der Waals surface area contributed by atoms with Gasteiger partial charge in [-0.2, -0.15) is 0 Å². The molecule has 1 spiro atoms. The molecule has 1 saturated heterocycles. The van der Waals surface area contributed by atoms with Crippen LogP contribution in [0.5, 0.6) is 5.75 Å². The van der Waals surface area contributed by atoms with Crippen molar-refractivity contribution in [2.45, 2.75) is 38.6 Å². The number of hydroxylamine groups is 1. The Morgan fingerprint density at radius 2 is 1.94 bits per heavy atom. The first kappa shape index (κ1) is 21.2. The van der Waals surface area contributed by atoms with Gasteiger partial charge in [0, 0.05) is 24.2 Å². The smallest absolute Gasteiger partial charge is 0.405 e. The van der Waals surface area contributed by atoms with Crippen LogP contribution in [0.3, 0.4) is 0 Å². The molecule has 0 radical (unpaired) electrons. The van der Waals surface area contributed by atoms with Crippen molar-refractivity contribution in [2.24, 2.45) is 5.41 Å². The fourth-order valence-electron chi connectivity index (χ4n) is 4.57. The van der Waals surface area contributed by atoms with E-state index >= 15 is 0 Å². The van der Waals surface area contributed by atoms with Gasteiger partial charge in [-0.15, -0.1) is 13.2 Å². The predicted molar refractivity (Wildman–Crippen MR) is 103 cm³/mol. The topological polar surface area (TPSA) is 78.9 Å². The highest BCUT2D eigenvalue weighted by Gasteiger charge is 2.48. The minimum absolute atomic E-state index is 0.0509. The Labute approximate surface area is 176 Å². The second-order valence-corrected chi connectivity index (χ2v) is 8.01. The Hall–Kier alpha value is -3.07. The molecule has 0 saturated carbocycles. The van der Waals surface area contributed by atoms with E-state index in [-0.39, 0.29) is 18.2 Å². The normalized spacial score (nSPS) is 20.6. The van der Waals surface area contributed by atoms with Gasteiger partial charge in [-0.1, -0.05) is 24.3 Å². The Morgan fingerprint density at radius 3 is 2.68 bits per heavy atom. The molecule has 1 fully saturated rings. The van der Waals surface area contributed by atoms with Crippen LogP contribution in [0, 0.1) is 5.41 Å². The molecule has 0 unspecified atom stereocenters. The van der Waals surface area contributed by atoms with Crippen LogP contribution in [-0.4, -0.2) is 34.8 Å². The number of aryl methyl sites for hydroxylation is 1. The lowest BCUT2D eigenvalue weighted by Crippen LogP contribution is -2.38. The molecule has 1 aliphatic heterocycles. The summed E-state index contributed by atoms with van der Waals surface area (Å²) in [6.45, 7) is 0.509. The van der Waals surface area contributed by atoms with Gasteiger partial charge >= 0.3 is 6.36 Å². The van der Waals surface area contributed by atoms with Crippen LogP contribution >= 0.6 is 0 Å². The van der Waals surface area contributed by atoms with Gasteiger partial charge in [0.2, 0.25) is 5.91 Å². The third-order valence-electron chi connectivity index (χ3n) is 6.13. The zero-order valence-corrected chi connectivity index (χ0v) is 16.5. The zero-order chi connectivity index (χ0) is 22.2. The minimum Gasteiger partial charge on any atom is -0.405 e. The van der Waals surface area contributed by atoms with Gasteiger partial charge in [-0.25, -0.2) is 5.48 Å². The number of nitrogens with one attached hydrogen (secondary N) is 1. The molecule has 0 bridgehead atoms. The molecule has 2 aliphatic rings. The van der Waals surface area contributed by atoms with Gasteiger partial charge in [0.1, 0.15) is 5.75 Å². The van der Waals surface area contributed by atoms with E-state index < -0.39 is 17.7 Å². The van der Waals surface area contributed by atoms with E-state index in [4.69, 9.17) is 5.21 Å². The first-order valence-electron chi connectivity index (χ1n) is 9.90. The summed E-state index contributed by atoms with van der Waals surface area (Å²) in [5, 5.41) is 8.81. The Kier molecular flexibility index (Phi) is 5.38. The van der Waals surface area contributed by atoms with Gasteiger partial charge in [0.15, 0.2) is 0 Å². The monoisotopic (exact) mass is 434 g/mol. The number of likely N-dealkylation sites (tertiary alicyclic amines) is 1. The van der Waals surface area contributed by atoms with E-state index in [0.717, 1.165) is 11.1 Å². The van der Waals surface area contributed by atoms with Crippen molar-refractivity contribution >= 4 is 11.8 Å². The number of carbonyl (C=O) groups excluding carboxylic acids is 2. The summed E-state index contributed by atoms with van der Waals surface area (Å²) in [6.07, 6.45) is -2.47. The molecule has 1 aliphatic carbocycles. The molecule has 2 amide bonds. The van der Waals surface area contributed by atoms with Gasteiger partial charge < -0.3 is 9.64 Å². The highest BCUT2D eigenvalue weighted by Crippen LogP contribution is 2.44. The van der Waals surface area contributed by atoms with E-state index in [1.807, 2.05) is 0 Å². The second-order valence-electron chi connectivity index (χ2n) is 8.01. The van der Waals surface area contributed by atoms with E-state index in [1.165, 1.54) is 18.2 Å². The Balaban J connectivity index is 1.51. The molecule has 2 N–H and O–H groups in total. The van der Waals surface area contributed by atoms with Crippen LogP contribution in [-0.2, 0) is 24.2 Å². The van der Waals surface area contributed by atoms with Gasteiger partial charge in [0.05, 0.1) is 5.41 Å². The van der Waals surface area contributed by atoms with E-state index in [2.05, 4.69) is 4.74 Å². The summed E-state index contributed by atoms with van der Waals surface area (Å²) in [6, 6.07) is 11.0. The molecule has 9 heteroatoms. The summed E-state index contributed by atoms with van der Waals surface area (Å²) in [7, 11) is 0. The van der Waals surface area contributed by atoms with Crippen LogP contribution in [0.1, 0.15) is 39.9 Å². The molecule has 4 rings (SSSR count). The van der Waals surface area contributed by atoms with Crippen LogP contribution in [0.15, 0.2) is 42.5 Å². The first-order chi connectivity index (χ1) is 14.7. The number of amides is 2. The van der Waals surface area contributed by atoms with Crippen molar-refractivity contribution in [1.29, 1.82) is 0 Å². The third kappa shape index (κ3) is 4.23. The van der Waals surface area contributed by atoms with Crippen LogP contribution < -0.4 is 10.2 Å². The molecule has 31 heavy (non-hydrogen) atoms. The highest BCUT2D eigenvalue weighted by atomic mass is 19.4. The number of nitrogens with zero attached hydrogens (tertiary/aromatic N) is 1. The van der Waals surface area contributed by atoms with Crippen LogP contribution in [0.25, 0.3) is 0 Å². The molecular weight excluding hydrogens is 413 g/mol. The number of fused-ring (bicyclic) bond motifs is 1. The summed E-state index contributed by atoms with van der Waals surface area (Å²) < 4.78 is 42.2. The van der Waals surface area contributed by atoms with Crippen molar-refractivity contribution in [1.82, 2.24) is 10.4 Å². The third-order valence-corrected chi connectivity index (χ3v) is 6.13. The quantitative estimate of drug-likeness (QED) is 0.569. The van der Waals surface area contributed by atoms with Gasteiger partial charge in [-0.3, -0.25) is 14.8 Å². The van der Waals surface area contributed by atoms with Crippen LogP contribution in [0.2, 0.25) is 0 Å². The predicted octanol–water partition coefficient (Wildman–Crippen LogP) is 3.61. The number of rotatable bonds is 4. The van der Waals surface area contributed by atoms with Crippen LogP contribution in [0.4, 0.5) is 13.2 Å². The first-order valence-corrected chi connectivity index (χ1v) is 9.90. The average molecular weight is 434 g/mol. The molecule has 2 aromatic carbocycles. The molecule has 1 heterocycles. The Bertz CT molecular complexity index is 1020. The number of benzene rings is 2. The van der Waals surface area contributed by atoms with Crippen molar-refractivity contribution in [2.75, 3.05) is 6.54 Å². The molecule has 0 aromatic heterocycles. The Morgan fingerprint density at radius 1 is 1.16 bits per heavy atom. The van der Waals surface area contributed by atoms with E-state index in [9.17, 15) is 22.8 Å². The number of alkyl halides is 3. The number of para-hydroxylation sites is 1. The zero-order valence-electron chi connectivity index (χ0n) is 16.5. The lowest BCUT2D eigenvalue weighted by molar-refractivity contribution is -0.275. The van der Waals surface area contributed by atoms with Gasteiger partial charge in [0.25, 0.3) is 5.91 Å². The van der Waals surface area contributed by atoms with Crippen molar-refractivity contribution < 1.29 is 32.7 Å². The summed E-state index contributed by atoms with van der Waals surface area (Å²) in [4.78, 5) is 26.5. The maximum Gasteiger partial charge on any atom is 0.573 e. The summed E-state index contributed by atoms with van der Waals surface area (Å²) >= 11 is 0. The molecule has 164 valence electrons. The number of halogens is 3. The van der Waals surface area contributed by atoms with E-state index in [1.54, 1.807) is 34.6 Å².